The number of aromatic nitrogens is 2. The first-order valence-corrected chi connectivity index (χ1v) is 11.7. The Morgan fingerprint density at radius 1 is 1.00 bits per heavy atom. The Morgan fingerprint density at radius 3 is 2.43 bits per heavy atom. The van der Waals surface area contributed by atoms with Crippen molar-refractivity contribution in [3.05, 3.63) is 111 Å². The zero-order valence-corrected chi connectivity index (χ0v) is 20.9. The Balaban J connectivity index is 1.33. The molecule has 9 nitrogen and oxygen atoms in total. The SMILES string of the molecule is Cc1c(NC(=O)C(=O)N/N=C/c2ccc(OCc3cccc(Cl)c3)cc2)c(=O)n(-c2ccccc2)n1C. The Labute approximate surface area is 217 Å². The highest BCUT2D eigenvalue weighted by Gasteiger charge is 2.21. The molecular weight excluding hydrogens is 494 g/mol. The maximum Gasteiger partial charge on any atom is 0.329 e. The van der Waals surface area contributed by atoms with Crippen molar-refractivity contribution in [2.75, 3.05) is 5.32 Å². The van der Waals surface area contributed by atoms with E-state index in [-0.39, 0.29) is 5.69 Å². The molecular formula is C27H24ClN5O4. The molecule has 0 atom stereocenters. The highest BCUT2D eigenvalue weighted by atomic mass is 35.5. The Morgan fingerprint density at radius 2 is 1.73 bits per heavy atom. The Bertz CT molecular complexity index is 1510. The van der Waals surface area contributed by atoms with Crippen LogP contribution in [-0.4, -0.2) is 27.4 Å². The lowest BCUT2D eigenvalue weighted by Crippen LogP contribution is -2.34. The zero-order valence-electron chi connectivity index (χ0n) is 20.1. The second-order valence-electron chi connectivity index (χ2n) is 8.08. The van der Waals surface area contributed by atoms with E-state index in [0.29, 0.717) is 34.3 Å². The lowest BCUT2D eigenvalue weighted by atomic mass is 10.2. The predicted molar refractivity (Wildman–Crippen MR) is 142 cm³/mol. The third-order valence-corrected chi connectivity index (χ3v) is 5.79. The molecule has 1 heterocycles. The normalized spacial score (nSPS) is 10.9. The topological polar surface area (TPSA) is 107 Å². The van der Waals surface area contributed by atoms with Gasteiger partial charge in [0.1, 0.15) is 18.0 Å². The monoisotopic (exact) mass is 517 g/mol. The summed E-state index contributed by atoms with van der Waals surface area (Å²) in [5.74, 6) is -1.36. The number of nitrogens with zero attached hydrogens (tertiary/aromatic N) is 3. The molecule has 0 aliphatic heterocycles. The standard InChI is InChI=1S/C27H24ClN5O4/c1-18-24(27(36)33(32(18)2)22-9-4-3-5-10-22)30-25(34)26(35)31-29-16-19-11-13-23(14-12-19)37-17-20-7-6-8-21(28)15-20/h3-16H,17H2,1-2H3,(H,30,34)(H,31,35)/b29-16+. The minimum absolute atomic E-state index is 0.0174. The molecule has 1 aromatic heterocycles. The van der Waals surface area contributed by atoms with Crippen molar-refractivity contribution in [1.82, 2.24) is 14.8 Å². The van der Waals surface area contributed by atoms with Crippen molar-refractivity contribution in [3.63, 3.8) is 0 Å². The minimum atomic E-state index is -1.01. The molecule has 0 bridgehead atoms. The van der Waals surface area contributed by atoms with Gasteiger partial charge < -0.3 is 10.1 Å². The fourth-order valence-corrected chi connectivity index (χ4v) is 3.76. The Kier molecular flexibility index (Phi) is 7.85. The Hall–Kier alpha value is -4.63. The summed E-state index contributed by atoms with van der Waals surface area (Å²) < 4.78 is 8.74. The lowest BCUT2D eigenvalue weighted by molar-refractivity contribution is -0.136. The number of ether oxygens (including phenoxy) is 1. The second-order valence-corrected chi connectivity index (χ2v) is 8.51. The maximum atomic E-state index is 12.9. The first-order chi connectivity index (χ1) is 17.8. The fraction of sp³-hybridized carbons (Fsp3) is 0.111. The van der Waals surface area contributed by atoms with Gasteiger partial charge in [-0.3, -0.25) is 19.1 Å². The summed E-state index contributed by atoms with van der Waals surface area (Å²) in [7, 11) is 1.69. The third-order valence-electron chi connectivity index (χ3n) is 5.55. The summed E-state index contributed by atoms with van der Waals surface area (Å²) in [6.07, 6.45) is 1.39. The summed E-state index contributed by atoms with van der Waals surface area (Å²) in [6, 6.07) is 23.4. The van der Waals surface area contributed by atoms with E-state index in [1.165, 1.54) is 10.9 Å². The number of amides is 2. The van der Waals surface area contributed by atoms with Gasteiger partial charge in [0.15, 0.2) is 0 Å². The number of rotatable bonds is 7. The summed E-state index contributed by atoms with van der Waals surface area (Å²) in [5.41, 5.74) is 4.49. The number of halogens is 1. The fourth-order valence-electron chi connectivity index (χ4n) is 3.54. The second kappa shape index (κ2) is 11.4. The molecule has 2 N–H and O–H groups in total. The maximum absolute atomic E-state index is 12.9. The summed E-state index contributed by atoms with van der Waals surface area (Å²) in [5, 5.41) is 6.86. The van der Waals surface area contributed by atoms with E-state index < -0.39 is 17.4 Å². The molecule has 0 unspecified atom stereocenters. The number of benzene rings is 3. The smallest absolute Gasteiger partial charge is 0.329 e. The van der Waals surface area contributed by atoms with Crippen molar-refractivity contribution in [2.45, 2.75) is 13.5 Å². The van der Waals surface area contributed by atoms with Gasteiger partial charge in [-0.15, -0.1) is 0 Å². The molecule has 188 valence electrons. The third kappa shape index (κ3) is 6.14. The van der Waals surface area contributed by atoms with E-state index in [1.807, 2.05) is 24.3 Å². The number of hydrazone groups is 1. The minimum Gasteiger partial charge on any atom is -0.489 e. The van der Waals surface area contributed by atoms with Gasteiger partial charge in [0, 0.05) is 12.1 Å². The lowest BCUT2D eigenvalue weighted by Gasteiger charge is -2.07. The summed E-state index contributed by atoms with van der Waals surface area (Å²) in [6.45, 7) is 2.05. The van der Waals surface area contributed by atoms with Crippen molar-refractivity contribution in [2.24, 2.45) is 12.1 Å². The van der Waals surface area contributed by atoms with E-state index >= 15 is 0 Å². The van der Waals surface area contributed by atoms with Crippen LogP contribution >= 0.6 is 11.6 Å². The number of hydrogen-bond donors (Lipinski definition) is 2. The van der Waals surface area contributed by atoms with Crippen molar-refractivity contribution >= 4 is 35.3 Å². The van der Waals surface area contributed by atoms with Crippen LogP contribution in [0.4, 0.5) is 5.69 Å². The molecule has 2 amide bonds. The van der Waals surface area contributed by atoms with E-state index in [2.05, 4.69) is 15.8 Å². The van der Waals surface area contributed by atoms with E-state index in [1.54, 1.807) is 73.3 Å². The average molecular weight is 518 g/mol. The van der Waals surface area contributed by atoms with Crippen LogP contribution in [0.1, 0.15) is 16.8 Å². The number of nitrogens with one attached hydrogen (secondary N) is 2. The van der Waals surface area contributed by atoms with Crippen LogP contribution in [-0.2, 0) is 23.2 Å². The summed E-state index contributed by atoms with van der Waals surface area (Å²) in [4.78, 5) is 37.5. The van der Waals surface area contributed by atoms with Crippen LogP contribution in [0.5, 0.6) is 5.75 Å². The molecule has 0 saturated heterocycles. The van der Waals surface area contributed by atoms with Gasteiger partial charge in [0.25, 0.3) is 5.56 Å². The van der Waals surface area contributed by atoms with E-state index in [9.17, 15) is 14.4 Å². The molecule has 3 aromatic carbocycles. The number of para-hydroxylation sites is 1. The summed E-state index contributed by atoms with van der Waals surface area (Å²) >= 11 is 5.98. The number of hydrogen-bond acceptors (Lipinski definition) is 5. The van der Waals surface area contributed by atoms with Crippen molar-refractivity contribution in [1.29, 1.82) is 0 Å². The highest BCUT2D eigenvalue weighted by molar-refractivity contribution is 6.39. The molecule has 37 heavy (non-hydrogen) atoms. The first kappa shape index (κ1) is 25.5. The van der Waals surface area contributed by atoms with Gasteiger partial charge in [-0.05, 0) is 66.6 Å². The van der Waals surface area contributed by atoms with Gasteiger partial charge >= 0.3 is 11.8 Å². The highest BCUT2D eigenvalue weighted by Crippen LogP contribution is 2.16. The van der Waals surface area contributed by atoms with Crippen LogP contribution in [0.15, 0.2) is 88.8 Å². The average Bonchev–Trinajstić information content (AvgIpc) is 3.11. The molecule has 0 fully saturated rings. The number of anilines is 1. The van der Waals surface area contributed by atoms with E-state index in [4.69, 9.17) is 16.3 Å². The van der Waals surface area contributed by atoms with Crippen molar-refractivity contribution < 1.29 is 14.3 Å². The van der Waals surface area contributed by atoms with Gasteiger partial charge in [-0.25, -0.2) is 10.1 Å². The molecule has 0 aliphatic rings. The van der Waals surface area contributed by atoms with Crippen LogP contribution in [0.3, 0.4) is 0 Å². The van der Waals surface area contributed by atoms with E-state index in [0.717, 1.165) is 5.56 Å². The molecule has 0 spiro atoms. The zero-order chi connectivity index (χ0) is 26.4. The van der Waals surface area contributed by atoms with Crippen LogP contribution in [0, 0.1) is 6.92 Å². The number of carbonyl (C=O) groups excluding carboxylic acids is 2. The van der Waals surface area contributed by atoms with Crippen molar-refractivity contribution in [3.8, 4) is 11.4 Å². The first-order valence-electron chi connectivity index (χ1n) is 11.3. The quantitative estimate of drug-likeness (QED) is 0.221. The van der Waals surface area contributed by atoms with Crippen LogP contribution in [0.25, 0.3) is 5.69 Å². The molecule has 4 rings (SSSR count). The van der Waals surface area contributed by atoms with Gasteiger partial charge in [-0.1, -0.05) is 41.9 Å². The molecule has 0 radical (unpaired) electrons. The molecule has 0 aliphatic carbocycles. The molecule has 0 saturated carbocycles. The number of carbonyl (C=O) groups is 2. The largest absolute Gasteiger partial charge is 0.489 e. The predicted octanol–water partition coefficient (Wildman–Crippen LogP) is 3.81. The van der Waals surface area contributed by atoms with Crippen LogP contribution in [0.2, 0.25) is 5.02 Å². The van der Waals surface area contributed by atoms with Crippen LogP contribution < -0.4 is 21.0 Å². The molecule has 4 aromatic rings. The van der Waals surface area contributed by atoms with Gasteiger partial charge in [0.2, 0.25) is 0 Å². The van der Waals surface area contributed by atoms with Gasteiger partial charge in [0.05, 0.1) is 17.6 Å². The molecule has 10 heteroatoms. The van der Waals surface area contributed by atoms with Gasteiger partial charge in [-0.2, -0.15) is 5.10 Å².